The summed E-state index contributed by atoms with van der Waals surface area (Å²) in [4.78, 5) is 10.8. The van der Waals surface area contributed by atoms with E-state index in [-0.39, 0.29) is 22.8 Å². The number of methoxy groups -OCH3 is 2. The second-order valence-corrected chi connectivity index (χ2v) is 3.79. The molecule has 0 saturated carbocycles. The van der Waals surface area contributed by atoms with E-state index < -0.39 is 10.5 Å². The molecule has 0 heterocycles. The summed E-state index contributed by atoms with van der Waals surface area (Å²) in [5.74, 6) is -0.331. The highest BCUT2D eigenvalue weighted by Gasteiger charge is 2.16. The van der Waals surface area contributed by atoms with Crippen molar-refractivity contribution in [3.63, 3.8) is 0 Å². The van der Waals surface area contributed by atoms with Gasteiger partial charge in [-0.1, -0.05) is 3.89 Å². The van der Waals surface area contributed by atoms with Crippen LogP contribution in [0.2, 0.25) is 0 Å². The third kappa shape index (κ3) is 3.31. The van der Waals surface area contributed by atoms with Crippen molar-refractivity contribution in [3.05, 3.63) is 17.7 Å². The van der Waals surface area contributed by atoms with Crippen molar-refractivity contribution in [2.24, 2.45) is 0 Å². The number of carbonyl (C=O) groups is 1. The summed E-state index contributed by atoms with van der Waals surface area (Å²) in [6, 6.07) is 2.12. The second kappa shape index (κ2) is 5.00. The number of rotatable bonds is 5. The maximum atomic E-state index is 12.3. The van der Waals surface area contributed by atoms with Gasteiger partial charge in [-0.3, -0.25) is 4.79 Å². The van der Waals surface area contributed by atoms with Crippen LogP contribution < -0.4 is 13.7 Å². The molecule has 0 spiro atoms. The van der Waals surface area contributed by atoms with E-state index in [2.05, 4.69) is 4.18 Å². The number of benzene rings is 1. The average Bonchev–Trinajstić information content (AvgIpc) is 2.25. The van der Waals surface area contributed by atoms with Gasteiger partial charge in [0.1, 0.15) is 11.5 Å². The van der Waals surface area contributed by atoms with Crippen molar-refractivity contribution in [3.8, 4) is 17.2 Å². The van der Waals surface area contributed by atoms with E-state index in [1.165, 1.54) is 14.2 Å². The Morgan fingerprint density at radius 3 is 1.94 bits per heavy atom. The zero-order valence-electron chi connectivity index (χ0n) is 8.97. The summed E-state index contributed by atoms with van der Waals surface area (Å²) in [7, 11) is -2.63. The molecule has 0 aliphatic heterocycles. The zero-order chi connectivity index (χ0) is 13.1. The number of halogens is 1. The van der Waals surface area contributed by atoms with Gasteiger partial charge in [0.05, 0.1) is 19.8 Å². The van der Waals surface area contributed by atoms with Gasteiger partial charge in [0.2, 0.25) is 0 Å². The normalized spacial score (nSPS) is 10.8. The van der Waals surface area contributed by atoms with E-state index in [9.17, 15) is 17.1 Å². The van der Waals surface area contributed by atoms with Crippen molar-refractivity contribution in [1.29, 1.82) is 0 Å². The molecule has 0 aliphatic rings. The van der Waals surface area contributed by atoms with Crippen molar-refractivity contribution in [1.82, 2.24) is 0 Å². The first-order chi connectivity index (χ1) is 7.91. The molecule has 1 rings (SSSR count). The Morgan fingerprint density at radius 2 is 1.65 bits per heavy atom. The third-order valence-electron chi connectivity index (χ3n) is 1.83. The first kappa shape index (κ1) is 13.2. The average molecular weight is 264 g/mol. The first-order valence-electron chi connectivity index (χ1n) is 4.26. The monoisotopic (exact) mass is 264 g/mol. The standard InChI is InChI=1S/C9H9FO6S/c1-14-8-3-6(16-17(10,12)13)4-9(15-2)7(8)5-11/h3-5H,1-2H3. The molecular weight excluding hydrogens is 255 g/mol. The van der Waals surface area contributed by atoms with Gasteiger partial charge in [0.15, 0.2) is 12.0 Å². The van der Waals surface area contributed by atoms with Crippen molar-refractivity contribution < 1.29 is 30.8 Å². The van der Waals surface area contributed by atoms with Crippen LogP contribution in [0, 0.1) is 0 Å². The summed E-state index contributed by atoms with van der Waals surface area (Å²) >= 11 is 0. The van der Waals surface area contributed by atoms with Crippen LogP contribution in [0.3, 0.4) is 0 Å². The molecule has 8 heteroatoms. The minimum atomic E-state index is -5.15. The maximum Gasteiger partial charge on any atom is 0.488 e. The minimum absolute atomic E-state index is 0.0120. The van der Waals surface area contributed by atoms with Crippen LogP contribution in [0.25, 0.3) is 0 Å². The molecule has 0 aliphatic carbocycles. The van der Waals surface area contributed by atoms with Crippen molar-refractivity contribution in [2.75, 3.05) is 14.2 Å². The van der Waals surface area contributed by atoms with Gasteiger partial charge in [0, 0.05) is 12.1 Å². The van der Waals surface area contributed by atoms with E-state index in [0.717, 1.165) is 12.1 Å². The van der Waals surface area contributed by atoms with E-state index >= 15 is 0 Å². The Bertz CT molecular complexity index is 499. The second-order valence-electron chi connectivity index (χ2n) is 2.84. The quantitative estimate of drug-likeness (QED) is 0.585. The molecule has 0 unspecified atom stereocenters. The van der Waals surface area contributed by atoms with E-state index in [1.54, 1.807) is 0 Å². The van der Waals surface area contributed by atoms with Gasteiger partial charge in [-0.05, 0) is 0 Å². The number of hydrogen-bond acceptors (Lipinski definition) is 6. The first-order valence-corrected chi connectivity index (χ1v) is 5.57. The topological polar surface area (TPSA) is 78.9 Å². The molecule has 0 bridgehead atoms. The summed E-state index contributed by atoms with van der Waals surface area (Å²) in [5.41, 5.74) is 0.0682. The molecule has 0 aromatic heterocycles. The number of ether oxygens (including phenoxy) is 2. The summed E-state index contributed by atoms with van der Waals surface area (Å²) in [5, 5.41) is 0. The molecule has 0 radical (unpaired) electrons. The molecule has 17 heavy (non-hydrogen) atoms. The molecule has 0 N–H and O–H groups in total. The van der Waals surface area contributed by atoms with Crippen LogP contribution >= 0.6 is 0 Å². The highest BCUT2D eigenvalue weighted by molar-refractivity contribution is 7.81. The summed E-state index contributed by atoms with van der Waals surface area (Å²) in [6.07, 6.45) is 0.464. The predicted octanol–water partition coefficient (Wildman–Crippen LogP) is 1.11. The fourth-order valence-electron chi connectivity index (χ4n) is 1.19. The minimum Gasteiger partial charge on any atom is -0.496 e. The molecule has 94 valence electrons. The van der Waals surface area contributed by atoms with Gasteiger partial charge in [-0.25, -0.2) is 0 Å². The van der Waals surface area contributed by atoms with Gasteiger partial charge in [-0.2, -0.15) is 8.42 Å². The van der Waals surface area contributed by atoms with Crippen LogP contribution in [0.15, 0.2) is 12.1 Å². The van der Waals surface area contributed by atoms with Gasteiger partial charge >= 0.3 is 10.5 Å². The molecule has 1 aromatic rings. The van der Waals surface area contributed by atoms with Crippen molar-refractivity contribution in [2.45, 2.75) is 0 Å². The predicted molar refractivity (Wildman–Crippen MR) is 55.6 cm³/mol. The Balaban J connectivity index is 3.32. The molecule has 6 nitrogen and oxygen atoms in total. The van der Waals surface area contributed by atoms with E-state index in [4.69, 9.17) is 9.47 Å². The Morgan fingerprint density at radius 1 is 1.18 bits per heavy atom. The number of aldehydes is 1. The molecule has 0 atom stereocenters. The van der Waals surface area contributed by atoms with Crippen molar-refractivity contribution >= 4 is 16.8 Å². The van der Waals surface area contributed by atoms with Gasteiger partial charge in [0.25, 0.3) is 0 Å². The Hall–Kier alpha value is -1.83. The fourth-order valence-corrected chi connectivity index (χ4v) is 1.52. The smallest absolute Gasteiger partial charge is 0.488 e. The third-order valence-corrected chi connectivity index (χ3v) is 2.22. The van der Waals surface area contributed by atoms with Crippen LogP contribution in [0.1, 0.15) is 10.4 Å². The lowest BCUT2D eigenvalue weighted by Gasteiger charge is -2.10. The molecule has 0 amide bonds. The van der Waals surface area contributed by atoms with Crippen LogP contribution in [-0.4, -0.2) is 28.9 Å². The molecule has 0 fully saturated rings. The highest BCUT2D eigenvalue weighted by atomic mass is 32.3. The lowest BCUT2D eigenvalue weighted by Crippen LogP contribution is -2.03. The van der Waals surface area contributed by atoms with Crippen LogP contribution in [0.5, 0.6) is 17.2 Å². The largest absolute Gasteiger partial charge is 0.496 e. The lowest BCUT2D eigenvalue weighted by molar-refractivity contribution is 0.111. The Kier molecular flexibility index (Phi) is 3.89. The summed E-state index contributed by atoms with van der Waals surface area (Å²) < 4.78 is 46.6. The van der Waals surface area contributed by atoms with Crippen LogP contribution in [0.4, 0.5) is 3.89 Å². The zero-order valence-corrected chi connectivity index (χ0v) is 9.78. The Labute approximate surface area is 97.3 Å². The lowest BCUT2D eigenvalue weighted by atomic mass is 10.2. The molecule has 0 saturated heterocycles. The SMILES string of the molecule is COc1cc(OS(=O)(=O)F)cc(OC)c1C=O. The van der Waals surface area contributed by atoms with E-state index in [0.29, 0.717) is 6.29 Å². The molecular formula is C9H9FO6S. The van der Waals surface area contributed by atoms with E-state index in [1.807, 2.05) is 0 Å². The number of carbonyl (C=O) groups excluding carboxylic acids is 1. The van der Waals surface area contributed by atoms with Gasteiger partial charge < -0.3 is 13.7 Å². The molecule has 1 aromatic carbocycles. The number of hydrogen-bond donors (Lipinski definition) is 0. The maximum absolute atomic E-state index is 12.3. The highest BCUT2D eigenvalue weighted by Crippen LogP contribution is 2.33. The summed E-state index contributed by atoms with van der Waals surface area (Å²) in [6.45, 7) is 0. The fraction of sp³-hybridized carbons (Fsp3) is 0.222. The van der Waals surface area contributed by atoms with Crippen LogP contribution in [-0.2, 0) is 10.5 Å². The van der Waals surface area contributed by atoms with Gasteiger partial charge in [-0.15, -0.1) is 0 Å².